The molecular formula is C12H22N2O3. The molecule has 5 heteroatoms. The molecule has 0 saturated carbocycles. The maximum Gasteiger partial charge on any atom is 0.242 e. The molecule has 2 atom stereocenters. The van der Waals surface area contributed by atoms with Crippen LogP contribution in [0.4, 0.5) is 0 Å². The van der Waals surface area contributed by atoms with Gasteiger partial charge in [-0.25, -0.2) is 0 Å². The first-order valence-corrected chi connectivity index (χ1v) is 6.37. The van der Waals surface area contributed by atoms with Crippen LogP contribution >= 0.6 is 0 Å². The minimum absolute atomic E-state index is 0.0750. The topological polar surface area (TPSA) is 73.6 Å². The Morgan fingerprint density at radius 1 is 1.35 bits per heavy atom. The van der Waals surface area contributed by atoms with Gasteiger partial charge in [0, 0.05) is 25.9 Å². The lowest BCUT2D eigenvalue weighted by Crippen LogP contribution is -2.57. The minimum Gasteiger partial charge on any atom is -0.381 e. The van der Waals surface area contributed by atoms with Crippen molar-refractivity contribution >= 4 is 5.91 Å². The Hall–Kier alpha value is -0.650. The Morgan fingerprint density at radius 3 is 2.65 bits per heavy atom. The number of hydrogen-bond acceptors (Lipinski definition) is 4. The van der Waals surface area contributed by atoms with Crippen molar-refractivity contribution in [3.63, 3.8) is 0 Å². The number of carbonyl (C=O) groups excluding carboxylic acids is 1. The van der Waals surface area contributed by atoms with Crippen LogP contribution in [0.25, 0.3) is 0 Å². The molecule has 98 valence electrons. The Morgan fingerprint density at radius 2 is 2.06 bits per heavy atom. The van der Waals surface area contributed by atoms with Crippen LogP contribution in [-0.4, -0.2) is 43.9 Å². The van der Waals surface area contributed by atoms with Gasteiger partial charge in [-0.3, -0.25) is 4.79 Å². The Bertz CT molecular complexity index is 271. The average molecular weight is 242 g/mol. The van der Waals surface area contributed by atoms with Crippen molar-refractivity contribution < 1.29 is 14.3 Å². The molecule has 0 aromatic heterocycles. The number of ether oxygens (including phenoxy) is 2. The summed E-state index contributed by atoms with van der Waals surface area (Å²) in [6.07, 6.45) is 2.63. The van der Waals surface area contributed by atoms with Gasteiger partial charge in [0.15, 0.2) is 0 Å². The Kier molecular flexibility index (Phi) is 4.01. The molecule has 0 aromatic carbocycles. The van der Waals surface area contributed by atoms with Crippen LogP contribution in [0.1, 0.15) is 26.2 Å². The van der Waals surface area contributed by atoms with Crippen LogP contribution in [0.5, 0.6) is 0 Å². The summed E-state index contributed by atoms with van der Waals surface area (Å²) in [6, 6.07) is 0.160. The smallest absolute Gasteiger partial charge is 0.242 e. The zero-order chi connectivity index (χ0) is 12.3. The molecule has 0 aromatic rings. The van der Waals surface area contributed by atoms with E-state index in [1.165, 1.54) is 0 Å². The fraction of sp³-hybridized carbons (Fsp3) is 0.917. The summed E-state index contributed by atoms with van der Waals surface area (Å²) in [5.74, 6) is 0.424. The van der Waals surface area contributed by atoms with Crippen LogP contribution in [0, 0.1) is 5.92 Å². The molecule has 17 heavy (non-hydrogen) atoms. The molecule has 2 saturated heterocycles. The standard InChI is InChI=1S/C12H22N2O3/c1-9(10-2-5-16-6-3-10)14-11(15)12(13)4-7-17-8-12/h9-10H,2-8,13H2,1H3,(H,14,15). The molecular weight excluding hydrogens is 220 g/mol. The van der Waals surface area contributed by atoms with Crippen molar-refractivity contribution in [2.75, 3.05) is 26.4 Å². The van der Waals surface area contributed by atoms with Crippen molar-refractivity contribution in [3.05, 3.63) is 0 Å². The number of carbonyl (C=O) groups is 1. The lowest BCUT2D eigenvalue weighted by Gasteiger charge is -2.31. The second kappa shape index (κ2) is 5.33. The average Bonchev–Trinajstić information content (AvgIpc) is 2.78. The highest BCUT2D eigenvalue weighted by atomic mass is 16.5. The highest BCUT2D eigenvalue weighted by Crippen LogP contribution is 2.20. The summed E-state index contributed by atoms with van der Waals surface area (Å²) in [7, 11) is 0. The van der Waals surface area contributed by atoms with Gasteiger partial charge >= 0.3 is 0 Å². The van der Waals surface area contributed by atoms with Crippen molar-refractivity contribution in [1.29, 1.82) is 0 Å². The number of nitrogens with two attached hydrogens (primary N) is 1. The van der Waals surface area contributed by atoms with Crippen LogP contribution in [0.15, 0.2) is 0 Å². The van der Waals surface area contributed by atoms with E-state index in [0.717, 1.165) is 26.1 Å². The number of rotatable bonds is 3. The lowest BCUT2D eigenvalue weighted by atomic mass is 9.91. The van der Waals surface area contributed by atoms with Gasteiger partial charge in [0.1, 0.15) is 5.54 Å². The first-order valence-electron chi connectivity index (χ1n) is 6.37. The van der Waals surface area contributed by atoms with Gasteiger partial charge in [-0.2, -0.15) is 0 Å². The molecule has 2 fully saturated rings. The highest BCUT2D eigenvalue weighted by Gasteiger charge is 2.39. The van der Waals surface area contributed by atoms with Gasteiger partial charge in [-0.1, -0.05) is 0 Å². The van der Waals surface area contributed by atoms with Gasteiger partial charge in [0.2, 0.25) is 5.91 Å². The van der Waals surface area contributed by atoms with E-state index >= 15 is 0 Å². The fourth-order valence-corrected chi connectivity index (χ4v) is 2.44. The molecule has 0 bridgehead atoms. The van der Waals surface area contributed by atoms with Crippen LogP contribution < -0.4 is 11.1 Å². The Balaban J connectivity index is 1.84. The molecule has 0 radical (unpaired) electrons. The van der Waals surface area contributed by atoms with Gasteiger partial charge in [-0.15, -0.1) is 0 Å². The van der Waals surface area contributed by atoms with Gasteiger partial charge < -0.3 is 20.5 Å². The third kappa shape index (κ3) is 2.97. The zero-order valence-corrected chi connectivity index (χ0v) is 10.4. The predicted octanol–water partition coefficient (Wildman–Crippen LogP) is 0.0355. The third-order valence-electron chi connectivity index (χ3n) is 3.84. The van der Waals surface area contributed by atoms with Crippen molar-refractivity contribution in [1.82, 2.24) is 5.32 Å². The van der Waals surface area contributed by atoms with Crippen molar-refractivity contribution in [3.8, 4) is 0 Å². The summed E-state index contributed by atoms with van der Waals surface area (Å²) in [4.78, 5) is 12.1. The van der Waals surface area contributed by atoms with E-state index in [2.05, 4.69) is 5.32 Å². The maximum absolute atomic E-state index is 12.1. The summed E-state index contributed by atoms with van der Waals surface area (Å²) >= 11 is 0. The maximum atomic E-state index is 12.1. The predicted molar refractivity (Wildman–Crippen MR) is 63.5 cm³/mol. The van der Waals surface area contributed by atoms with Crippen LogP contribution in [0.2, 0.25) is 0 Å². The number of amides is 1. The molecule has 2 aliphatic heterocycles. The van der Waals surface area contributed by atoms with Crippen LogP contribution in [0.3, 0.4) is 0 Å². The van der Waals surface area contributed by atoms with E-state index in [1.54, 1.807) is 0 Å². The molecule has 2 rings (SSSR count). The SMILES string of the molecule is CC(NC(=O)C1(N)CCOC1)C1CCOCC1. The van der Waals surface area contributed by atoms with Gasteiger partial charge in [0.25, 0.3) is 0 Å². The monoisotopic (exact) mass is 242 g/mol. The summed E-state index contributed by atoms with van der Waals surface area (Å²) in [6.45, 7) is 4.55. The van der Waals surface area contributed by atoms with E-state index in [4.69, 9.17) is 15.2 Å². The molecule has 2 heterocycles. The second-order valence-corrected chi connectivity index (χ2v) is 5.17. The first-order chi connectivity index (χ1) is 8.12. The molecule has 1 amide bonds. The summed E-state index contributed by atoms with van der Waals surface area (Å²) in [5.41, 5.74) is 5.20. The summed E-state index contributed by atoms with van der Waals surface area (Å²) < 4.78 is 10.5. The van der Waals surface area contributed by atoms with E-state index in [-0.39, 0.29) is 11.9 Å². The van der Waals surface area contributed by atoms with E-state index in [0.29, 0.717) is 25.6 Å². The second-order valence-electron chi connectivity index (χ2n) is 5.17. The van der Waals surface area contributed by atoms with E-state index in [1.807, 2.05) is 6.92 Å². The molecule has 2 aliphatic rings. The van der Waals surface area contributed by atoms with Crippen molar-refractivity contribution in [2.24, 2.45) is 11.7 Å². The normalized spacial score (nSPS) is 32.4. The molecule has 0 spiro atoms. The van der Waals surface area contributed by atoms with Crippen molar-refractivity contribution in [2.45, 2.75) is 37.8 Å². The molecule has 3 N–H and O–H groups in total. The summed E-state index contributed by atoms with van der Waals surface area (Å²) in [5, 5.41) is 3.03. The van der Waals surface area contributed by atoms with Crippen LogP contribution in [-0.2, 0) is 14.3 Å². The minimum atomic E-state index is -0.820. The Labute approximate surface area is 102 Å². The van der Waals surface area contributed by atoms with Gasteiger partial charge in [-0.05, 0) is 32.1 Å². The fourth-order valence-electron chi connectivity index (χ4n) is 2.44. The highest BCUT2D eigenvalue weighted by molar-refractivity contribution is 5.86. The molecule has 2 unspecified atom stereocenters. The quantitative estimate of drug-likeness (QED) is 0.732. The zero-order valence-electron chi connectivity index (χ0n) is 10.4. The molecule has 5 nitrogen and oxygen atoms in total. The number of hydrogen-bond donors (Lipinski definition) is 2. The van der Waals surface area contributed by atoms with E-state index in [9.17, 15) is 4.79 Å². The first kappa shape index (κ1) is 12.8. The number of nitrogens with one attached hydrogen (secondary N) is 1. The largest absolute Gasteiger partial charge is 0.381 e. The third-order valence-corrected chi connectivity index (χ3v) is 3.84. The lowest BCUT2D eigenvalue weighted by molar-refractivity contribution is -0.127. The molecule has 0 aliphatic carbocycles. The van der Waals surface area contributed by atoms with E-state index < -0.39 is 5.54 Å². The van der Waals surface area contributed by atoms with Gasteiger partial charge in [0.05, 0.1) is 6.61 Å².